The summed E-state index contributed by atoms with van der Waals surface area (Å²) in [4.78, 5) is 0. The molecule has 2 aliphatic rings. The zero-order valence-electron chi connectivity index (χ0n) is 5.51. The minimum absolute atomic E-state index is 0.375. The third kappa shape index (κ3) is 0.645. The minimum Gasteiger partial charge on any atom is -0.385 e. The van der Waals surface area contributed by atoms with Crippen molar-refractivity contribution in [3.8, 4) is 0 Å². The second kappa shape index (κ2) is 1.60. The first-order chi connectivity index (χ1) is 4.31. The van der Waals surface area contributed by atoms with Gasteiger partial charge >= 0.3 is 0 Å². The average molecular weight is 124 g/mol. The van der Waals surface area contributed by atoms with Gasteiger partial charge in [0.2, 0.25) is 0 Å². The normalized spacial score (nSPS) is 47.9. The molecule has 2 atom stereocenters. The molecule has 0 spiro atoms. The van der Waals surface area contributed by atoms with Gasteiger partial charge < -0.3 is 5.11 Å². The molecular weight excluding hydrogens is 112 g/mol. The van der Waals surface area contributed by atoms with Crippen LogP contribution in [0.5, 0.6) is 0 Å². The highest BCUT2D eigenvalue weighted by molar-refractivity contribution is 5.15. The summed E-state index contributed by atoms with van der Waals surface area (Å²) in [5.74, 6) is 0.567. The predicted molar refractivity (Wildman–Crippen MR) is 36.0 cm³/mol. The molecule has 1 N–H and O–H groups in total. The Morgan fingerprint density at radius 3 is 3.22 bits per heavy atom. The van der Waals surface area contributed by atoms with Crippen LogP contribution in [0, 0.1) is 5.92 Å². The summed E-state index contributed by atoms with van der Waals surface area (Å²) in [6.07, 6.45) is 8.65. The first kappa shape index (κ1) is 5.48. The molecule has 2 rings (SSSR count). The predicted octanol–water partition coefficient (Wildman–Crippen LogP) is 1.48. The molecule has 1 heteroatoms. The van der Waals surface area contributed by atoms with E-state index in [9.17, 15) is 5.11 Å². The fourth-order valence-electron chi connectivity index (χ4n) is 2.06. The summed E-state index contributed by atoms with van der Waals surface area (Å²) in [6.45, 7) is 0. The zero-order valence-corrected chi connectivity index (χ0v) is 5.51. The van der Waals surface area contributed by atoms with Crippen molar-refractivity contribution in [3.05, 3.63) is 12.2 Å². The molecule has 0 aromatic rings. The lowest BCUT2D eigenvalue weighted by Crippen LogP contribution is -2.26. The summed E-state index contributed by atoms with van der Waals surface area (Å²) < 4.78 is 0. The average Bonchev–Trinajstić information content (AvgIpc) is 2.22. The van der Waals surface area contributed by atoms with Crippen LogP contribution in [0.15, 0.2) is 12.2 Å². The van der Waals surface area contributed by atoms with E-state index in [1.807, 2.05) is 6.08 Å². The van der Waals surface area contributed by atoms with Crippen molar-refractivity contribution in [1.82, 2.24) is 0 Å². The van der Waals surface area contributed by atoms with E-state index in [1.54, 1.807) is 0 Å². The molecule has 0 aromatic carbocycles. The molecule has 0 saturated heterocycles. The molecule has 0 bridgehead atoms. The van der Waals surface area contributed by atoms with Gasteiger partial charge in [-0.25, -0.2) is 0 Å². The largest absolute Gasteiger partial charge is 0.385 e. The molecule has 0 unspecified atom stereocenters. The van der Waals surface area contributed by atoms with Crippen molar-refractivity contribution < 1.29 is 5.11 Å². The van der Waals surface area contributed by atoms with E-state index in [1.165, 1.54) is 12.8 Å². The molecule has 1 saturated carbocycles. The minimum atomic E-state index is -0.375. The van der Waals surface area contributed by atoms with Crippen LogP contribution in [0.2, 0.25) is 0 Å². The van der Waals surface area contributed by atoms with E-state index in [-0.39, 0.29) is 5.60 Å². The Labute approximate surface area is 55.4 Å². The van der Waals surface area contributed by atoms with Crippen molar-refractivity contribution in [1.29, 1.82) is 0 Å². The summed E-state index contributed by atoms with van der Waals surface area (Å²) >= 11 is 0. The molecule has 0 radical (unpaired) electrons. The van der Waals surface area contributed by atoms with Gasteiger partial charge in [-0.15, -0.1) is 0 Å². The molecule has 0 heterocycles. The molecule has 0 aliphatic heterocycles. The molecule has 1 fully saturated rings. The van der Waals surface area contributed by atoms with Crippen LogP contribution in [0.3, 0.4) is 0 Å². The van der Waals surface area contributed by atoms with Gasteiger partial charge in [0.05, 0.1) is 5.60 Å². The lowest BCUT2D eigenvalue weighted by Gasteiger charge is -2.19. The van der Waals surface area contributed by atoms with E-state index in [2.05, 4.69) is 6.08 Å². The van der Waals surface area contributed by atoms with Gasteiger partial charge in [-0.2, -0.15) is 0 Å². The Bertz CT molecular complexity index is 151. The number of aliphatic hydroxyl groups is 1. The maximum atomic E-state index is 9.74. The van der Waals surface area contributed by atoms with E-state index < -0.39 is 0 Å². The van der Waals surface area contributed by atoms with Crippen molar-refractivity contribution >= 4 is 0 Å². The van der Waals surface area contributed by atoms with Gasteiger partial charge in [0.15, 0.2) is 0 Å². The monoisotopic (exact) mass is 124 g/mol. The van der Waals surface area contributed by atoms with Crippen LogP contribution < -0.4 is 0 Å². The van der Waals surface area contributed by atoms with E-state index >= 15 is 0 Å². The van der Waals surface area contributed by atoms with Crippen LogP contribution in [-0.2, 0) is 0 Å². The topological polar surface area (TPSA) is 20.2 Å². The van der Waals surface area contributed by atoms with Crippen molar-refractivity contribution in [2.24, 2.45) is 5.92 Å². The molecular formula is C8H12O. The Morgan fingerprint density at radius 1 is 1.56 bits per heavy atom. The van der Waals surface area contributed by atoms with Crippen molar-refractivity contribution in [2.75, 3.05) is 0 Å². The van der Waals surface area contributed by atoms with Crippen LogP contribution in [0.4, 0.5) is 0 Å². The fourth-order valence-corrected chi connectivity index (χ4v) is 2.06. The summed E-state index contributed by atoms with van der Waals surface area (Å²) in [5.41, 5.74) is -0.375. The van der Waals surface area contributed by atoms with Gasteiger partial charge in [-0.3, -0.25) is 0 Å². The Morgan fingerprint density at radius 2 is 2.44 bits per heavy atom. The molecule has 1 nitrogen and oxygen atoms in total. The maximum Gasteiger partial charge on any atom is 0.0858 e. The summed E-state index contributed by atoms with van der Waals surface area (Å²) in [7, 11) is 0. The summed E-state index contributed by atoms with van der Waals surface area (Å²) in [6, 6.07) is 0. The highest BCUT2D eigenvalue weighted by Crippen LogP contribution is 2.42. The molecule has 0 aromatic heterocycles. The number of hydrogen-bond donors (Lipinski definition) is 1. The van der Waals surface area contributed by atoms with Gasteiger partial charge in [0.25, 0.3) is 0 Å². The van der Waals surface area contributed by atoms with E-state index in [0.29, 0.717) is 5.92 Å². The second-order valence-corrected chi connectivity index (χ2v) is 3.22. The van der Waals surface area contributed by atoms with Crippen molar-refractivity contribution in [2.45, 2.75) is 31.3 Å². The summed E-state index contributed by atoms with van der Waals surface area (Å²) in [5, 5.41) is 9.74. The third-order valence-corrected chi connectivity index (χ3v) is 2.66. The molecule has 2 aliphatic carbocycles. The quantitative estimate of drug-likeness (QED) is 0.485. The van der Waals surface area contributed by atoms with Gasteiger partial charge in [-0.1, -0.05) is 12.2 Å². The van der Waals surface area contributed by atoms with Crippen LogP contribution in [-0.4, -0.2) is 10.7 Å². The van der Waals surface area contributed by atoms with E-state index in [4.69, 9.17) is 0 Å². The first-order valence-electron chi connectivity index (χ1n) is 3.71. The number of allylic oxidation sites excluding steroid dienone is 1. The highest BCUT2D eigenvalue weighted by atomic mass is 16.3. The SMILES string of the molecule is O[C@]12C=CC[C@@H]1CCC2. The lowest BCUT2D eigenvalue weighted by atomic mass is 9.95. The number of fused-ring (bicyclic) bond motifs is 1. The lowest BCUT2D eigenvalue weighted by molar-refractivity contribution is 0.0624. The number of rotatable bonds is 0. The molecule has 50 valence electrons. The Kier molecular flexibility index (Phi) is 0.974. The first-order valence-corrected chi connectivity index (χ1v) is 3.71. The highest BCUT2D eigenvalue weighted by Gasteiger charge is 2.40. The number of hydrogen-bond acceptors (Lipinski definition) is 1. The van der Waals surface area contributed by atoms with Gasteiger partial charge in [0, 0.05) is 0 Å². The van der Waals surface area contributed by atoms with Crippen LogP contribution in [0.1, 0.15) is 25.7 Å². The molecule has 0 amide bonds. The van der Waals surface area contributed by atoms with Crippen molar-refractivity contribution in [3.63, 3.8) is 0 Å². The third-order valence-electron chi connectivity index (χ3n) is 2.66. The van der Waals surface area contributed by atoms with Crippen LogP contribution in [0.25, 0.3) is 0 Å². The Hall–Kier alpha value is -0.300. The smallest absolute Gasteiger partial charge is 0.0858 e. The fraction of sp³-hybridized carbons (Fsp3) is 0.750. The van der Waals surface area contributed by atoms with Crippen LogP contribution >= 0.6 is 0 Å². The Balaban J connectivity index is 2.26. The van der Waals surface area contributed by atoms with Gasteiger partial charge in [-0.05, 0) is 31.6 Å². The van der Waals surface area contributed by atoms with E-state index in [0.717, 1.165) is 12.8 Å². The standard InChI is InChI=1S/C8H12O/c9-8-5-1-3-7(8)4-2-6-8/h1,5,7,9H,2-4,6H2/t7-,8+/m1/s1. The van der Waals surface area contributed by atoms with Gasteiger partial charge in [0.1, 0.15) is 0 Å². The second-order valence-electron chi connectivity index (χ2n) is 3.22. The maximum absolute atomic E-state index is 9.74. The zero-order chi connectivity index (χ0) is 6.32. The molecule has 9 heavy (non-hydrogen) atoms.